The maximum atomic E-state index is 12.1. The molecule has 9 heteroatoms. The van der Waals surface area contributed by atoms with Crippen molar-refractivity contribution in [2.24, 2.45) is 0 Å². The number of quaternary nitrogens is 1. The van der Waals surface area contributed by atoms with Crippen LogP contribution in [0.4, 0.5) is 0 Å². The van der Waals surface area contributed by atoms with Gasteiger partial charge in [0.05, 0.1) is 39.9 Å². The Bertz CT molecular complexity index is 522. The Morgan fingerprint density at radius 2 is 1.79 bits per heavy atom. The molecule has 3 N–H and O–H groups in total. The van der Waals surface area contributed by atoms with Gasteiger partial charge in [0.2, 0.25) is 5.91 Å². The zero-order valence-corrected chi connectivity index (χ0v) is 19.7. The first-order chi connectivity index (χ1) is 13.5. The lowest BCUT2D eigenvalue weighted by Crippen LogP contribution is -2.45. The Balaban J connectivity index is 4.59. The zero-order chi connectivity index (χ0) is 22.3. The van der Waals surface area contributed by atoms with Gasteiger partial charge in [0.25, 0.3) is 0 Å². The van der Waals surface area contributed by atoms with Crippen LogP contribution in [0.2, 0.25) is 0 Å². The van der Waals surface area contributed by atoms with Gasteiger partial charge in [-0.05, 0) is 12.8 Å². The van der Waals surface area contributed by atoms with Gasteiger partial charge in [0.1, 0.15) is 13.2 Å². The molecule has 0 aromatic heterocycles. The van der Waals surface area contributed by atoms with Crippen molar-refractivity contribution in [1.29, 1.82) is 0 Å². The first kappa shape index (κ1) is 28.2. The largest absolute Gasteiger partial charge is 0.472 e. The van der Waals surface area contributed by atoms with Crippen LogP contribution in [-0.4, -0.2) is 73.4 Å². The maximum absolute atomic E-state index is 12.1. The van der Waals surface area contributed by atoms with Crippen molar-refractivity contribution in [1.82, 2.24) is 5.32 Å². The van der Waals surface area contributed by atoms with E-state index in [1.807, 2.05) is 27.2 Å². The first-order valence-electron chi connectivity index (χ1n) is 10.6. The average Bonchev–Trinajstić information content (AvgIpc) is 2.62. The predicted molar refractivity (Wildman–Crippen MR) is 115 cm³/mol. The molecule has 0 aliphatic rings. The summed E-state index contributed by atoms with van der Waals surface area (Å²) in [5, 5.41) is 13.0. The van der Waals surface area contributed by atoms with Gasteiger partial charge in [0, 0.05) is 6.42 Å². The summed E-state index contributed by atoms with van der Waals surface area (Å²) < 4.78 is 22.6. The number of carbonyl (C=O) groups is 1. The second kappa shape index (κ2) is 15.1. The monoisotopic (exact) mass is 437 g/mol. The number of aliphatic hydroxyl groups excluding tert-OH is 1. The minimum atomic E-state index is -4.27. The molecule has 172 valence electrons. The number of amides is 1. The number of hydrogen-bond donors (Lipinski definition) is 3. The number of likely N-dealkylation sites (N-methyl/N-ethyl adjacent to an activating group) is 1. The molecule has 0 rings (SSSR count). The van der Waals surface area contributed by atoms with Crippen LogP contribution < -0.4 is 5.32 Å². The van der Waals surface area contributed by atoms with Crippen molar-refractivity contribution >= 4 is 13.7 Å². The number of nitrogens with one attached hydrogen (secondary N) is 1. The second-order valence-corrected chi connectivity index (χ2v) is 9.71. The van der Waals surface area contributed by atoms with Crippen molar-refractivity contribution in [2.75, 3.05) is 40.9 Å². The van der Waals surface area contributed by atoms with E-state index in [0.717, 1.165) is 19.3 Å². The van der Waals surface area contributed by atoms with Gasteiger partial charge in [-0.2, -0.15) is 0 Å². The van der Waals surface area contributed by atoms with Crippen LogP contribution in [-0.2, 0) is 18.4 Å². The molecule has 0 saturated heterocycles. The Kier molecular flexibility index (Phi) is 14.7. The van der Waals surface area contributed by atoms with Crippen molar-refractivity contribution in [3.63, 3.8) is 0 Å². The summed E-state index contributed by atoms with van der Waals surface area (Å²) in [5.41, 5.74) is 0. The quantitative estimate of drug-likeness (QED) is 0.140. The Hall–Kier alpha value is -0.760. The van der Waals surface area contributed by atoms with Crippen LogP contribution in [0.25, 0.3) is 0 Å². The van der Waals surface area contributed by atoms with E-state index in [2.05, 4.69) is 12.2 Å². The van der Waals surface area contributed by atoms with E-state index in [4.69, 9.17) is 9.05 Å². The van der Waals surface area contributed by atoms with E-state index in [-0.39, 0.29) is 25.5 Å². The number of nitrogens with zero attached hydrogens (tertiary/aromatic N) is 1. The molecule has 0 heterocycles. The molecule has 0 saturated carbocycles. The van der Waals surface area contributed by atoms with Crippen LogP contribution in [0.1, 0.15) is 58.8 Å². The molecule has 0 aromatic carbocycles. The normalized spacial score (nSPS) is 16.5. The molecule has 0 fully saturated rings. The summed E-state index contributed by atoms with van der Waals surface area (Å²) in [4.78, 5) is 21.6. The lowest BCUT2D eigenvalue weighted by molar-refractivity contribution is -0.870. The number of rotatable bonds is 17. The van der Waals surface area contributed by atoms with Crippen molar-refractivity contribution in [3.05, 3.63) is 12.2 Å². The fourth-order valence-corrected chi connectivity index (χ4v) is 3.15. The van der Waals surface area contributed by atoms with Gasteiger partial charge in [-0.3, -0.25) is 13.8 Å². The fraction of sp³-hybridized carbons (Fsp3) is 0.850. The van der Waals surface area contributed by atoms with Crippen molar-refractivity contribution in [2.45, 2.75) is 70.9 Å². The summed E-state index contributed by atoms with van der Waals surface area (Å²) in [6, 6.07) is -0.832. The van der Waals surface area contributed by atoms with Gasteiger partial charge in [0.15, 0.2) is 0 Å². The molecular formula is C20H42N2O6P+. The number of hydrogen-bond acceptors (Lipinski definition) is 5. The predicted octanol–water partition coefficient (Wildman–Crippen LogP) is 3.00. The smallest absolute Gasteiger partial charge is 0.387 e. The van der Waals surface area contributed by atoms with Crippen molar-refractivity contribution < 1.29 is 32.9 Å². The molecule has 8 nitrogen and oxygen atoms in total. The van der Waals surface area contributed by atoms with E-state index < -0.39 is 20.0 Å². The first-order valence-corrected chi connectivity index (χ1v) is 12.1. The topological polar surface area (TPSA) is 105 Å². The number of carbonyl (C=O) groups excluding carboxylic acids is 1. The highest BCUT2D eigenvalue weighted by atomic mass is 31.2. The third-order valence-corrected chi connectivity index (χ3v) is 5.31. The highest BCUT2D eigenvalue weighted by Gasteiger charge is 2.27. The maximum Gasteiger partial charge on any atom is 0.472 e. The summed E-state index contributed by atoms with van der Waals surface area (Å²) in [7, 11) is 1.55. The number of allylic oxidation sites excluding steroid dienone is 1. The zero-order valence-electron chi connectivity index (χ0n) is 18.8. The number of unbranched alkanes of at least 4 members (excludes halogenated alkanes) is 5. The minimum Gasteiger partial charge on any atom is -0.387 e. The Labute approximate surface area is 176 Å². The Morgan fingerprint density at radius 3 is 2.38 bits per heavy atom. The Morgan fingerprint density at radius 1 is 1.14 bits per heavy atom. The van der Waals surface area contributed by atoms with Crippen molar-refractivity contribution in [3.8, 4) is 0 Å². The highest BCUT2D eigenvalue weighted by molar-refractivity contribution is 7.47. The van der Waals surface area contributed by atoms with E-state index >= 15 is 0 Å². The van der Waals surface area contributed by atoms with E-state index in [1.165, 1.54) is 19.3 Å². The fourth-order valence-electron chi connectivity index (χ4n) is 2.41. The number of phosphoric acid groups is 1. The molecule has 1 amide bonds. The third-order valence-electron chi connectivity index (χ3n) is 4.32. The van der Waals surface area contributed by atoms with Crippen LogP contribution in [0.3, 0.4) is 0 Å². The molecule has 0 aliphatic heterocycles. The summed E-state index contributed by atoms with van der Waals surface area (Å²) in [6.45, 7) is 4.13. The highest BCUT2D eigenvalue weighted by Crippen LogP contribution is 2.43. The molecule has 0 spiro atoms. The summed E-state index contributed by atoms with van der Waals surface area (Å²) in [5.74, 6) is -0.274. The SMILES string of the molecule is CCCCCCC/C=C/C(O)C(COP(=O)(O)OCC[N+](C)(C)C)NC(=O)CC. The van der Waals surface area contributed by atoms with Crippen LogP contribution in [0, 0.1) is 0 Å². The standard InChI is InChI=1S/C20H41N2O6P/c1-6-8-9-10-11-12-13-14-19(23)18(21-20(24)7-2)17-28-29(25,26)27-16-15-22(3,4)5/h13-14,18-19,23H,6-12,15-17H2,1-5H3,(H-,21,24,25,26)/p+1/b14-13+. The third kappa shape index (κ3) is 16.7. The molecule has 29 heavy (non-hydrogen) atoms. The molecule has 3 atom stereocenters. The minimum absolute atomic E-state index is 0.0593. The average molecular weight is 438 g/mol. The van der Waals surface area contributed by atoms with E-state index in [0.29, 0.717) is 11.0 Å². The second-order valence-electron chi connectivity index (χ2n) is 8.26. The van der Waals surface area contributed by atoms with Gasteiger partial charge >= 0.3 is 7.82 Å². The number of phosphoric ester groups is 1. The molecular weight excluding hydrogens is 395 g/mol. The lowest BCUT2D eigenvalue weighted by Gasteiger charge is -2.25. The van der Waals surface area contributed by atoms with E-state index in [9.17, 15) is 19.4 Å². The molecule has 0 bridgehead atoms. The summed E-state index contributed by atoms with van der Waals surface area (Å²) >= 11 is 0. The molecule has 3 unspecified atom stereocenters. The number of aliphatic hydroxyl groups is 1. The molecule has 0 aliphatic carbocycles. The van der Waals surface area contributed by atoms with Crippen LogP contribution in [0.15, 0.2) is 12.2 Å². The van der Waals surface area contributed by atoms with Gasteiger partial charge in [-0.25, -0.2) is 4.57 Å². The van der Waals surface area contributed by atoms with Gasteiger partial charge in [-0.15, -0.1) is 0 Å². The van der Waals surface area contributed by atoms with Crippen LogP contribution >= 0.6 is 7.82 Å². The molecule has 0 radical (unpaired) electrons. The summed E-state index contributed by atoms with van der Waals surface area (Å²) in [6.07, 6.45) is 9.34. The molecule has 0 aromatic rings. The lowest BCUT2D eigenvalue weighted by atomic mass is 10.1. The van der Waals surface area contributed by atoms with Crippen LogP contribution in [0.5, 0.6) is 0 Å². The van der Waals surface area contributed by atoms with E-state index in [1.54, 1.807) is 13.0 Å². The van der Waals surface area contributed by atoms with Gasteiger partial charge in [-0.1, -0.05) is 51.7 Å². The van der Waals surface area contributed by atoms with Gasteiger partial charge < -0.3 is 19.8 Å².